The molecule has 1 atom stereocenters. The second-order valence-corrected chi connectivity index (χ2v) is 4.38. The summed E-state index contributed by atoms with van der Waals surface area (Å²) in [6.07, 6.45) is 0.557. The second-order valence-electron chi connectivity index (χ2n) is 3.94. The average Bonchev–Trinajstić information content (AvgIpc) is 2.28. The first-order valence-corrected chi connectivity index (χ1v) is 5.47. The molecule has 0 radical (unpaired) electrons. The van der Waals surface area contributed by atoms with Crippen molar-refractivity contribution in [1.29, 1.82) is 0 Å². The molecular weight excluding hydrogens is 226 g/mol. The third kappa shape index (κ3) is 2.54. The number of carbonyl (C=O) groups is 1. The van der Waals surface area contributed by atoms with Gasteiger partial charge in [0, 0.05) is 5.02 Å². The molecule has 0 saturated heterocycles. The zero-order chi connectivity index (χ0) is 12.3. The van der Waals surface area contributed by atoms with E-state index in [9.17, 15) is 4.79 Å². The minimum absolute atomic E-state index is 0.158. The van der Waals surface area contributed by atoms with Gasteiger partial charge in [0.15, 0.2) is 5.78 Å². The van der Waals surface area contributed by atoms with Crippen molar-refractivity contribution >= 4 is 17.4 Å². The Balaban J connectivity index is 3.21. The molecule has 3 nitrogen and oxygen atoms in total. The van der Waals surface area contributed by atoms with Crippen LogP contribution in [0.25, 0.3) is 0 Å². The van der Waals surface area contributed by atoms with Gasteiger partial charge in [-0.25, -0.2) is 0 Å². The Morgan fingerprint density at radius 1 is 1.56 bits per heavy atom. The summed E-state index contributed by atoms with van der Waals surface area (Å²) in [4.78, 5) is 12.2. The molecule has 1 aromatic carbocycles. The number of rotatable bonds is 4. The van der Waals surface area contributed by atoms with Crippen molar-refractivity contribution in [3.05, 3.63) is 28.8 Å². The van der Waals surface area contributed by atoms with Crippen LogP contribution in [-0.4, -0.2) is 18.4 Å². The molecule has 1 rings (SSSR count). The van der Waals surface area contributed by atoms with Crippen LogP contribution in [0.4, 0.5) is 0 Å². The number of halogens is 1. The summed E-state index contributed by atoms with van der Waals surface area (Å²) in [6, 6.07) is 4.93. The van der Waals surface area contributed by atoms with Crippen LogP contribution in [0.15, 0.2) is 18.2 Å². The zero-order valence-corrected chi connectivity index (χ0v) is 10.5. The van der Waals surface area contributed by atoms with Crippen LogP contribution in [0.2, 0.25) is 5.02 Å². The lowest BCUT2D eigenvalue weighted by Crippen LogP contribution is -2.44. The smallest absolute Gasteiger partial charge is 0.186 e. The van der Waals surface area contributed by atoms with Crippen molar-refractivity contribution in [2.75, 3.05) is 7.11 Å². The van der Waals surface area contributed by atoms with Gasteiger partial charge in [0.25, 0.3) is 0 Å². The zero-order valence-electron chi connectivity index (χ0n) is 9.71. The van der Waals surface area contributed by atoms with E-state index in [1.807, 2.05) is 6.92 Å². The highest BCUT2D eigenvalue weighted by atomic mass is 35.5. The van der Waals surface area contributed by atoms with E-state index in [4.69, 9.17) is 22.1 Å². The lowest BCUT2D eigenvalue weighted by molar-refractivity contribution is 0.0894. The molecule has 1 unspecified atom stereocenters. The summed E-state index contributed by atoms with van der Waals surface area (Å²) in [5.41, 5.74) is 5.46. The molecule has 0 saturated carbocycles. The normalized spacial score (nSPS) is 14.3. The molecule has 0 aliphatic rings. The topological polar surface area (TPSA) is 52.3 Å². The summed E-state index contributed by atoms with van der Waals surface area (Å²) in [5.74, 6) is 0.342. The molecule has 0 spiro atoms. The van der Waals surface area contributed by atoms with Crippen LogP contribution >= 0.6 is 11.6 Å². The molecule has 16 heavy (non-hydrogen) atoms. The second kappa shape index (κ2) is 4.85. The minimum atomic E-state index is -0.891. The van der Waals surface area contributed by atoms with Crippen molar-refractivity contribution in [2.24, 2.45) is 5.73 Å². The Bertz CT molecular complexity index is 402. The number of benzene rings is 1. The molecule has 2 N–H and O–H groups in total. The third-order valence-electron chi connectivity index (χ3n) is 2.66. The number of ether oxygens (including phenoxy) is 1. The molecule has 0 bridgehead atoms. The minimum Gasteiger partial charge on any atom is -0.496 e. The van der Waals surface area contributed by atoms with Gasteiger partial charge in [-0.1, -0.05) is 18.5 Å². The lowest BCUT2D eigenvalue weighted by atomic mass is 9.89. The number of nitrogens with two attached hydrogens (primary N) is 1. The molecule has 1 aromatic rings. The molecular formula is C12H16ClNO2. The van der Waals surface area contributed by atoms with Crippen LogP contribution in [0.3, 0.4) is 0 Å². The first kappa shape index (κ1) is 13.0. The monoisotopic (exact) mass is 241 g/mol. The van der Waals surface area contributed by atoms with Crippen LogP contribution in [-0.2, 0) is 0 Å². The predicted octanol–water partition coefficient (Wildman–Crippen LogP) is 2.66. The summed E-state index contributed by atoms with van der Waals surface area (Å²) < 4.78 is 5.13. The number of carbonyl (C=O) groups excluding carboxylic acids is 1. The Labute approximate surface area is 101 Å². The van der Waals surface area contributed by atoms with Gasteiger partial charge in [0.1, 0.15) is 5.75 Å². The van der Waals surface area contributed by atoms with E-state index < -0.39 is 5.54 Å². The third-order valence-corrected chi connectivity index (χ3v) is 2.89. The van der Waals surface area contributed by atoms with Crippen molar-refractivity contribution in [3.8, 4) is 5.75 Å². The summed E-state index contributed by atoms with van der Waals surface area (Å²) in [5, 5.41) is 0.496. The standard InChI is InChI=1S/C12H16ClNO2/c1-4-12(2,14)11(15)9-7-8(13)5-6-10(9)16-3/h5-7H,4,14H2,1-3H3. The number of ketones is 1. The molecule has 88 valence electrons. The summed E-state index contributed by atoms with van der Waals surface area (Å²) in [7, 11) is 1.51. The van der Waals surface area contributed by atoms with E-state index >= 15 is 0 Å². The van der Waals surface area contributed by atoms with Gasteiger partial charge in [-0.15, -0.1) is 0 Å². The van der Waals surface area contributed by atoms with E-state index in [1.54, 1.807) is 25.1 Å². The van der Waals surface area contributed by atoms with Gasteiger partial charge >= 0.3 is 0 Å². The highest BCUT2D eigenvalue weighted by Gasteiger charge is 2.29. The van der Waals surface area contributed by atoms with Gasteiger partial charge in [-0.2, -0.15) is 0 Å². The fourth-order valence-electron chi connectivity index (χ4n) is 1.33. The van der Waals surface area contributed by atoms with E-state index in [-0.39, 0.29) is 5.78 Å². The van der Waals surface area contributed by atoms with Crippen molar-refractivity contribution in [3.63, 3.8) is 0 Å². The maximum atomic E-state index is 12.2. The van der Waals surface area contributed by atoms with Crippen LogP contribution < -0.4 is 10.5 Å². The van der Waals surface area contributed by atoms with Gasteiger partial charge in [0.05, 0.1) is 18.2 Å². The molecule has 0 amide bonds. The maximum Gasteiger partial charge on any atom is 0.186 e. The van der Waals surface area contributed by atoms with Crippen LogP contribution in [0.1, 0.15) is 30.6 Å². The number of hydrogen-bond acceptors (Lipinski definition) is 3. The number of methoxy groups -OCH3 is 1. The quantitative estimate of drug-likeness (QED) is 0.825. The van der Waals surface area contributed by atoms with Gasteiger partial charge in [-0.05, 0) is 31.5 Å². The maximum absolute atomic E-state index is 12.2. The predicted molar refractivity (Wildman–Crippen MR) is 65.2 cm³/mol. The van der Waals surface area contributed by atoms with E-state index in [1.165, 1.54) is 7.11 Å². The Hall–Kier alpha value is -1.06. The van der Waals surface area contributed by atoms with E-state index in [2.05, 4.69) is 0 Å². The SMILES string of the molecule is CCC(C)(N)C(=O)c1cc(Cl)ccc1OC. The molecule has 0 aromatic heterocycles. The Morgan fingerprint density at radius 2 is 2.19 bits per heavy atom. The van der Waals surface area contributed by atoms with Crippen LogP contribution in [0.5, 0.6) is 5.75 Å². The largest absolute Gasteiger partial charge is 0.496 e. The summed E-state index contributed by atoms with van der Waals surface area (Å²) in [6.45, 7) is 3.57. The number of hydrogen-bond donors (Lipinski definition) is 1. The fourth-order valence-corrected chi connectivity index (χ4v) is 1.50. The highest BCUT2D eigenvalue weighted by Crippen LogP contribution is 2.26. The Kier molecular flexibility index (Phi) is 3.94. The first-order valence-electron chi connectivity index (χ1n) is 5.09. The molecule has 4 heteroatoms. The molecule has 0 heterocycles. The van der Waals surface area contributed by atoms with E-state index in [0.29, 0.717) is 22.8 Å². The molecule has 0 aliphatic carbocycles. The van der Waals surface area contributed by atoms with Gasteiger partial charge < -0.3 is 10.5 Å². The van der Waals surface area contributed by atoms with Gasteiger partial charge in [-0.3, -0.25) is 4.79 Å². The Morgan fingerprint density at radius 3 is 2.69 bits per heavy atom. The van der Waals surface area contributed by atoms with Crippen molar-refractivity contribution in [1.82, 2.24) is 0 Å². The van der Waals surface area contributed by atoms with Crippen molar-refractivity contribution in [2.45, 2.75) is 25.8 Å². The molecule has 0 fully saturated rings. The fraction of sp³-hybridized carbons (Fsp3) is 0.417. The lowest BCUT2D eigenvalue weighted by Gasteiger charge is -2.22. The van der Waals surface area contributed by atoms with Crippen molar-refractivity contribution < 1.29 is 9.53 Å². The van der Waals surface area contributed by atoms with E-state index in [0.717, 1.165) is 0 Å². The number of Topliss-reactive ketones (excluding diaryl/α,β-unsaturated/α-hetero) is 1. The molecule has 0 aliphatic heterocycles. The highest BCUT2D eigenvalue weighted by molar-refractivity contribution is 6.31. The van der Waals surface area contributed by atoms with Gasteiger partial charge in [0.2, 0.25) is 0 Å². The van der Waals surface area contributed by atoms with Crippen LogP contribution in [0, 0.1) is 0 Å². The summed E-state index contributed by atoms with van der Waals surface area (Å²) >= 11 is 5.86. The first-order chi connectivity index (χ1) is 7.42. The average molecular weight is 242 g/mol.